The van der Waals surface area contributed by atoms with Crippen LogP contribution in [-0.2, 0) is 6.54 Å². The van der Waals surface area contributed by atoms with Crippen molar-refractivity contribution >= 4 is 23.2 Å². The largest absolute Gasteiger partial charge is 0.366 e. The predicted molar refractivity (Wildman–Crippen MR) is 101 cm³/mol. The van der Waals surface area contributed by atoms with Gasteiger partial charge in [0.15, 0.2) is 0 Å². The third kappa shape index (κ3) is 3.78. The van der Waals surface area contributed by atoms with E-state index in [1.807, 2.05) is 24.4 Å². The third-order valence-electron chi connectivity index (χ3n) is 4.00. The summed E-state index contributed by atoms with van der Waals surface area (Å²) in [6, 6.07) is 7.10. The number of hydrogen-bond acceptors (Lipinski definition) is 5. The fourth-order valence-corrected chi connectivity index (χ4v) is 3.36. The van der Waals surface area contributed by atoms with E-state index < -0.39 is 5.91 Å². The molecule has 0 unspecified atom stereocenters. The number of thiazole rings is 1. The quantitative estimate of drug-likeness (QED) is 0.725. The summed E-state index contributed by atoms with van der Waals surface area (Å²) in [4.78, 5) is 32.9. The lowest BCUT2D eigenvalue weighted by atomic mass is 9.94. The van der Waals surface area contributed by atoms with E-state index in [1.165, 1.54) is 11.3 Å². The summed E-state index contributed by atoms with van der Waals surface area (Å²) in [7, 11) is 0. The summed E-state index contributed by atoms with van der Waals surface area (Å²) < 4.78 is 0. The van der Waals surface area contributed by atoms with Crippen molar-refractivity contribution in [3.8, 4) is 11.1 Å². The zero-order valence-electron chi connectivity index (χ0n) is 14.4. The van der Waals surface area contributed by atoms with Gasteiger partial charge in [0.05, 0.1) is 6.54 Å². The molecule has 0 spiro atoms. The number of primary amides is 1. The first-order valence-corrected chi connectivity index (χ1v) is 8.87. The molecule has 3 aromatic rings. The number of nitrogens with two attached hydrogens (primary N) is 1. The monoisotopic (exact) mass is 366 g/mol. The van der Waals surface area contributed by atoms with Crippen molar-refractivity contribution in [3.63, 3.8) is 0 Å². The van der Waals surface area contributed by atoms with Crippen molar-refractivity contribution in [1.82, 2.24) is 15.3 Å². The molecule has 6 nitrogen and oxygen atoms in total. The van der Waals surface area contributed by atoms with Gasteiger partial charge in [0.25, 0.3) is 5.91 Å². The summed E-state index contributed by atoms with van der Waals surface area (Å²) in [6.45, 7) is 3.96. The first kappa shape index (κ1) is 17.8. The molecule has 0 aliphatic carbocycles. The normalized spacial score (nSPS) is 10.5. The molecule has 0 atom stereocenters. The highest BCUT2D eigenvalue weighted by Gasteiger charge is 2.17. The molecule has 0 radical (unpaired) electrons. The second kappa shape index (κ2) is 7.45. The smallest absolute Gasteiger partial charge is 0.251 e. The minimum absolute atomic E-state index is 0.270. The Balaban J connectivity index is 1.95. The molecule has 2 heterocycles. The van der Waals surface area contributed by atoms with Crippen LogP contribution in [0.15, 0.2) is 42.0 Å². The van der Waals surface area contributed by atoms with Gasteiger partial charge in [-0.25, -0.2) is 4.98 Å². The minimum Gasteiger partial charge on any atom is -0.366 e. The molecular weight excluding hydrogens is 348 g/mol. The molecule has 3 N–H and O–H groups in total. The fraction of sp³-hybridized carbons (Fsp3) is 0.158. The van der Waals surface area contributed by atoms with Gasteiger partial charge in [-0.2, -0.15) is 0 Å². The van der Waals surface area contributed by atoms with E-state index in [2.05, 4.69) is 15.3 Å². The van der Waals surface area contributed by atoms with E-state index in [0.717, 1.165) is 21.8 Å². The molecule has 7 heteroatoms. The molecule has 2 aromatic heterocycles. The SMILES string of the molecule is Cc1csc(CNC(=O)c2cc(-c3ccncc3)cc(C(N)=O)c2C)n1. The van der Waals surface area contributed by atoms with Crippen LogP contribution in [0, 0.1) is 13.8 Å². The van der Waals surface area contributed by atoms with Crippen LogP contribution >= 0.6 is 11.3 Å². The molecule has 1 aromatic carbocycles. The van der Waals surface area contributed by atoms with Crippen LogP contribution in [0.2, 0.25) is 0 Å². The number of carbonyl (C=O) groups excluding carboxylic acids is 2. The Labute approximate surface area is 155 Å². The number of amides is 2. The lowest BCUT2D eigenvalue weighted by molar-refractivity contribution is 0.0950. The Morgan fingerprint density at radius 2 is 1.81 bits per heavy atom. The average molecular weight is 366 g/mol. The zero-order chi connectivity index (χ0) is 18.7. The number of aryl methyl sites for hydroxylation is 1. The van der Waals surface area contributed by atoms with Gasteiger partial charge in [0.1, 0.15) is 5.01 Å². The van der Waals surface area contributed by atoms with E-state index >= 15 is 0 Å². The lowest BCUT2D eigenvalue weighted by Gasteiger charge is -2.13. The second-order valence-corrected chi connectivity index (χ2v) is 6.80. The first-order valence-electron chi connectivity index (χ1n) is 7.99. The standard InChI is InChI=1S/C19H18N4O2S/c1-11-10-26-17(23-11)9-22-19(25)16-8-14(13-3-5-21-6-4-13)7-15(12(16)2)18(20)24/h3-8,10H,9H2,1-2H3,(H2,20,24)(H,22,25). The van der Waals surface area contributed by atoms with Crippen molar-refractivity contribution in [2.75, 3.05) is 0 Å². The van der Waals surface area contributed by atoms with Gasteiger partial charge in [-0.05, 0) is 54.8 Å². The summed E-state index contributed by atoms with van der Waals surface area (Å²) >= 11 is 1.49. The van der Waals surface area contributed by atoms with Gasteiger partial charge in [0.2, 0.25) is 5.91 Å². The minimum atomic E-state index is -0.567. The molecule has 2 amide bonds. The number of hydrogen-bond donors (Lipinski definition) is 2. The van der Waals surface area contributed by atoms with E-state index in [1.54, 1.807) is 31.5 Å². The van der Waals surface area contributed by atoms with Crippen molar-refractivity contribution in [2.24, 2.45) is 5.73 Å². The second-order valence-electron chi connectivity index (χ2n) is 5.86. The van der Waals surface area contributed by atoms with E-state index in [9.17, 15) is 9.59 Å². The van der Waals surface area contributed by atoms with Gasteiger partial charge in [-0.3, -0.25) is 14.6 Å². The van der Waals surface area contributed by atoms with Gasteiger partial charge >= 0.3 is 0 Å². The van der Waals surface area contributed by atoms with Crippen LogP contribution in [0.1, 0.15) is 37.0 Å². The number of nitrogens with one attached hydrogen (secondary N) is 1. The number of carbonyl (C=O) groups is 2. The number of rotatable bonds is 5. The van der Waals surface area contributed by atoms with Gasteiger partial charge in [0, 0.05) is 34.6 Å². The zero-order valence-corrected chi connectivity index (χ0v) is 15.3. The number of pyridine rings is 1. The number of nitrogens with zero attached hydrogens (tertiary/aromatic N) is 2. The molecule has 0 fully saturated rings. The van der Waals surface area contributed by atoms with E-state index in [0.29, 0.717) is 23.2 Å². The maximum absolute atomic E-state index is 12.7. The summed E-state index contributed by atoms with van der Waals surface area (Å²) in [5.74, 6) is -0.836. The summed E-state index contributed by atoms with van der Waals surface area (Å²) in [5.41, 5.74) is 9.33. The molecule has 0 aliphatic heterocycles. The highest BCUT2D eigenvalue weighted by Crippen LogP contribution is 2.25. The summed E-state index contributed by atoms with van der Waals surface area (Å²) in [6.07, 6.45) is 3.31. The van der Waals surface area contributed by atoms with Crippen molar-refractivity contribution < 1.29 is 9.59 Å². The molecule has 26 heavy (non-hydrogen) atoms. The Morgan fingerprint density at radius 1 is 1.12 bits per heavy atom. The Morgan fingerprint density at radius 3 is 2.42 bits per heavy atom. The number of aromatic nitrogens is 2. The molecule has 0 aliphatic rings. The van der Waals surface area contributed by atoms with Crippen molar-refractivity contribution in [2.45, 2.75) is 20.4 Å². The van der Waals surface area contributed by atoms with Gasteiger partial charge < -0.3 is 11.1 Å². The van der Waals surface area contributed by atoms with Crippen molar-refractivity contribution in [3.05, 3.63) is 69.4 Å². The Hall–Kier alpha value is -3.06. The van der Waals surface area contributed by atoms with Crippen LogP contribution in [0.5, 0.6) is 0 Å². The van der Waals surface area contributed by atoms with Crippen LogP contribution < -0.4 is 11.1 Å². The lowest BCUT2D eigenvalue weighted by Crippen LogP contribution is -2.25. The molecule has 3 rings (SSSR count). The van der Waals surface area contributed by atoms with Crippen LogP contribution in [0.4, 0.5) is 0 Å². The maximum atomic E-state index is 12.7. The van der Waals surface area contributed by atoms with Crippen molar-refractivity contribution in [1.29, 1.82) is 0 Å². The third-order valence-corrected chi connectivity index (χ3v) is 4.96. The van der Waals surface area contributed by atoms with Gasteiger partial charge in [-0.15, -0.1) is 11.3 Å². The molecular formula is C19H18N4O2S. The number of benzene rings is 1. The van der Waals surface area contributed by atoms with Crippen LogP contribution in [0.25, 0.3) is 11.1 Å². The van der Waals surface area contributed by atoms with E-state index in [-0.39, 0.29) is 5.91 Å². The Bertz CT molecular complexity index is 967. The average Bonchev–Trinajstić information content (AvgIpc) is 3.05. The molecule has 132 valence electrons. The highest BCUT2D eigenvalue weighted by atomic mass is 32.1. The molecule has 0 saturated heterocycles. The topological polar surface area (TPSA) is 98.0 Å². The molecule has 0 saturated carbocycles. The van der Waals surface area contributed by atoms with Gasteiger partial charge in [-0.1, -0.05) is 0 Å². The fourth-order valence-electron chi connectivity index (χ4n) is 2.65. The van der Waals surface area contributed by atoms with Crippen LogP contribution in [0.3, 0.4) is 0 Å². The predicted octanol–water partition coefficient (Wildman–Crippen LogP) is 2.85. The first-order chi connectivity index (χ1) is 12.5. The summed E-state index contributed by atoms with van der Waals surface area (Å²) in [5, 5.41) is 5.62. The maximum Gasteiger partial charge on any atom is 0.251 e. The Kier molecular flexibility index (Phi) is 5.09. The highest BCUT2D eigenvalue weighted by molar-refractivity contribution is 7.09. The van der Waals surface area contributed by atoms with E-state index in [4.69, 9.17) is 5.73 Å². The molecule has 0 bridgehead atoms. The van der Waals surface area contributed by atoms with Crippen LogP contribution in [-0.4, -0.2) is 21.8 Å².